The molecule has 18 heavy (non-hydrogen) atoms. The van der Waals surface area contributed by atoms with Crippen LogP contribution in [0.1, 0.15) is 27.2 Å². The summed E-state index contributed by atoms with van der Waals surface area (Å²) in [6.07, 6.45) is 0.691. The second-order valence-electron chi connectivity index (χ2n) is 5.55. The summed E-state index contributed by atoms with van der Waals surface area (Å²) in [6.45, 7) is 10.7. The molecule has 2 atom stereocenters. The van der Waals surface area contributed by atoms with E-state index >= 15 is 0 Å². The first-order valence-corrected chi connectivity index (χ1v) is 6.81. The van der Waals surface area contributed by atoms with E-state index in [1.165, 1.54) is 7.11 Å². The Morgan fingerprint density at radius 3 is 2.78 bits per heavy atom. The average Bonchev–Trinajstić information content (AvgIpc) is 2.73. The number of likely N-dealkylation sites (tertiary alicyclic amines) is 1. The van der Waals surface area contributed by atoms with Crippen molar-refractivity contribution < 1.29 is 9.53 Å². The molecule has 0 aliphatic carbocycles. The van der Waals surface area contributed by atoms with E-state index in [0.717, 1.165) is 32.6 Å². The number of nitrogens with one attached hydrogen (secondary N) is 2. The van der Waals surface area contributed by atoms with Crippen molar-refractivity contribution in [3.05, 3.63) is 0 Å². The maximum absolute atomic E-state index is 11.1. The molecule has 0 aromatic rings. The minimum atomic E-state index is -0.323. The van der Waals surface area contributed by atoms with E-state index in [2.05, 4.69) is 41.0 Å². The van der Waals surface area contributed by atoms with Gasteiger partial charge in [-0.2, -0.15) is 0 Å². The van der Waals surface area contributed by atoms with Crippen LogP contribution in [0.3, 0.4) is 0 Å². The molecule has 1 aliphatic heterocycles. The molecule has 106 valence electrons. The number of hydrogen-bond donors (Lipinski definition) is 2. The smallest absolute Gasteiger partial charge is 0.407 e. The highest BCUT2D eigenvalue weighted by molar-refractivity contribution is 5.67. The number of hydrogen-bond acceptors (Lipinski definition) is 4. The number of rotatable bonds is 6. The molecule has 0 aromatic carbocycles. The number of carbonyl (C=O) groups excluding carboxylic acids is 1. The van der Waals surface area contributed by atoms with E-state index in [1.54, 1.807) is 0 Å². The molecule has 1 rings (SSSR count). The summed E-state index contributed by atoms with van der Waals surface area (Å²) in [5.41, 5.74) is 0. The third-order valence-electron chi connectivity index (χ3n) is 3.22. The Balaban J connectivity index is 2.19. The topological polar surface area (TPSA) is 53.6 Å². The standard InChI is InChI=1S/C13H27N3O2/c1-10(2)14-7-11(3)8-16-6-5-12(9-16)15-13(17)18-4/h10-12,14H,5-9H2,1-4H3,(H,15,17). The zero-order valence-corrected chi connectivity index (χ0v) is 12.0. The van der Waals surface area contributed by atoms with Gasteiger partial charge in [0.25, 0.3) is 0 Å². The van der Waals surface area contributed by atoms with Gasteiger partial charge in [0, 0.05) is 31.7 Å². The van der Waals surface area contributed by atoms with Crippen molar-refractivity contribution in [3.8, 4) is 0 Å². The first kappa shape index (κ1) is 15.2. The van der Waals surface area contributed by atoms with E-state index in [1.807, 2.05) is 0 Å². The molecule has 0 radical (unpaired) electrons. The van der Waals surface area contributed by atoms with Crippen molar-refractivity contribution in [1.82, 2.24) is 15.5 Å². The number of ether oxygens (including phenoxy) is 1. The van der Waals surface area contributed by atoms with E-state index in [4.69, 9.17) is 0 Å². The van der Waals surface area contributed by atoms with Gasteiger partial charge >= 0.3 is 6.09 Å². The van der Waals surface area contributed by atoms with Crippen LogP contribution in [0.15, 0.2) is 0 Å². The summed E-state index contributed by atoms with van der Waals surface area (Å²) in [7, 11) is 1.40. The lowest BCUT2D eigenvalue weighted by molar-refractivity contribution is 0.166. The third-order valence-corrected chi connectivity index (χ3v) is 3.22. The quantitative estimate of drug-likeness (QED) is 0.747. The maximum atomic E-state index is 11.1. The Hall–Kier alpha value is -0.810. The van der Waals surface area contributed by atoms with Gasteiger partial charge in [-0.3, -0.25) is 0 Å². The Bertz CT molecular complexity index is 259. The lowest BCUT2D eigenvalue weighted by atomic mass is 10.1. The molecule has 0 bridgehead atoms. The summed E-state index contributed by atoms with van der Waals surface area (Å²) in [6, 6.07) is 0.780. The molecule has 0 saturated carbocycles. The Morgan fingerprint density at radius 1 is 1.44 bits per heavy atom. The molecule has 2 N–H and O–H groups in total. The lowest BCUT2D eigenvalue weighted by Crippen LogP contribution is -2.39. The van der Waals surface area contributed by atoms with Crippen LogP contribution < -0.4 is 10.6 Å². The summed E-state index contributed by atoms with van der Waals surface area (Å²) in [5.74, 6) is 0.629. The first-order chi connectivity index (χ1) is 8.51. The molecule has 0 aromatic heterocycles. The van der Waals surface area contributed by atoms with Gasteiger partial charge in [0.15, 0.2) is 0 Å². The number of amides is 1. The van der Waals surface area contributed by atoms with Gasteiger partial charge in [0.05, 0.1) is 7.11 Å². The molecule has 1 aliphatic rings. The Kier molecular flexibility index (Phi) is 6.43. The van der Waals surface area contributed by atoms with Gasteiger partial charge in [0.2, 0.25) is 0 Å². The van der Waals surface area contributed by atoms with Gasteiger partial charge in [-0.15, -0.1) is 0 Å². The SMILES string of the molecule is COC(=O)NC1CCN(CC(C)CNC(C)C)C1. The fraction of sp³-hybridized carbons (Fsp3) is 0.923. The first-order valence-electron chi connectivity index (χ1n) is 6.81. The zero-order valence-electron chi connectivity index (χ0n) is 12.0. The number of alkyl carbamates (subject to hydrolysis) is 1. The van der Waals surface area contributed by atoms with Crippen LogP contribution in [0.2, 0.25) is 0 Å². The molecule has 0 spiro atoms. The molecule has 5 heteroatoms. The predicted octanol–water partition coefficient (Wildman–Crippen LogP) is 1.05. The van der Waals surface area contributed by atoms with Crippen LogP contribution >= 0.6 is 0 Å². The van der Waals surface area contributed by atoms with Crippen molar-refractivity contribution in [3.63, 3.8) is 0 Å². The van der Waals surface area contributed by atoms with Crippen LogP contribution in [0.25, 0.3) is 0 Å². The predicted molar refractivity (Wildman–Crippen MR) is 72.7 cm³/mol. The van der Waals surface area contributed by atoms with Crippen molar-refractivity contribution in [2.45, 2.75) is 39.3 Å². The van der Waals surface area contributed by atoms with Gasteiger partial charge in [0.1, 0.15) is 0 Å². The molecule has 5 nitrogen and oxygen atoms in total. The number of nitrogens with zero attached hydrogens (tertiary/aromatic N) is 1. The van der Waals surface area contributed by atoms with Crippen LogP contribution in [-0.2, 0) is 4.74 Å². The van der Waals surface area contributed by atoms with Crippen LogP contribution in [0.5, 0.6) is 0 Å². The zero-order chi connectivity index (χ0) is 13.5. The van der Waals surface area contributed by atoms with E-state index < -0.39 is 0 Å². The van der Waals surface area contributed by atoms with Crippen LogP contribution in [0.4, 0.5) is 4.79 Å². The second kappa shape index (κ2) is 7.59. The summed E-state index contributed by atoms with van der Waals surface area (Å²) in [5, 5.41) is 6.32. The molecule has 1 amide bonds. The van der Waals surface area contributed by atoms with E-state index in [9.17, 15) is 4.79 Å². The highest BCUT2D eigenvalue weighted by Gasteiger charge is 2.24. The number of methoxy groups -OCH3 is 1. The normalized spacial score (nSPS) is 22.2. The van der Waals surface area contributed by atoms with Crippen molar-refractivity contribution >= 4 is 6.09 Å². The monoisotopic (exact) mass is 257 g/mol. The number of carbonyl (C=O) groups is 1. The Morgan fingerprint density at radius 2 is 2.17 bits per heavy atom. The molecular weight excluding hydrogens is 230 g/mol. The van der Waals surface area contributed by atoms with Crippen LogP contribution in [-0.4, -0.2) is 56.4 Å². The summed E-state index contributed by atoms with van der Waals surface area (Å²) >= 11 is 0. The fourth-order valence-electron chi connectivity index (χ4n) is 2.28. The maximum Gasteiger partial charge on any atom is 0.407 e. The molecule has 1 fully saturated rings. The summed E-state index contributed by atoms with van der Waals surface area (Å²) in [4.78, 5) is 13.5. The molecule has 2 unspecified atom stereocenters. The minimum absolute atomic E-state index is 0.239. The third kappa shape index (κ3) is 5.69. The van der Waals surface area contributed by atoms with Crippen molar-refractivity contribution in [1.29, 1.82) is 0 Å². The molecule has 1 saturated heterocycles. The molecule has 1 heterocycles. The Labute approximate surface area is 110 Å². The fourth-order valence-corrected chi connectivity index (χ4v) is 2.28. The van der Waals surface area contributed by atoms with Crippen LogP contribution in [0, 0.1) is 5.92 Å². The molecular formula is C13H27N3O2. The van der Waals surface area contributed by atoms with Gasteiger partial charge in [-0.05, 0) is 18.9 Å². The van der Waals surface area contributed by atoms with E-state index in [-0.39, 0.29) is 12.1 Å². The lowest BCUT2D eigenvalue weighted by Gasteiger charge is -2.22. The van der Waals surface area contributed by atoms with Gasteiger partial charge in [-0.1, -0.05) is 20.8 Å². The van der Waals surface area contributed by atoms with Crippen molar-refractivity contribution in [2.75, 3.05) is 33.3 Å². The summed E-state index contributed by atoms with van der Waals surface area (Å²) < 4.78 is 4.61. The second-order valence-corrected chi connectivity index (χ2v) is 5.55. The minimum Gasteiger partial charge on any atom is -0.453 e. The largest absolute Gasteiger partial charge is 0.453 e. The highest BCUT2D eigenvalue weighted by atomic mass is 16.5. The van der Waals surface area contributed by atoms with Gasteiger partial charge < -0.3 is 20.3 Å². The highest BCUT2D eigenvalue weighted by Crippen LogP contribution is 2.11. The van der Waals surface area contributed by atoms with Crippen molar-refractivity contribution in [2.24, 2.45) is 5.92 Å². The van der Waals surface area contributed by atoms with E-state index in [0.29, 0.717) is 12.0 Å². The van der Waals surface area contributed by atoms with Gasteiger partial charge in [-0.25, -0.2) is 4.79 Å². The average molecular weight is 257 g/mol.